The van der Waals surface area contributed by atoms with Gasteiger partial charge in [-0.15, -0.1) is 0 Å². The van der Waals surface area contributed by atoms with Crippen LogP contribution in [0.2, 0.25) is 0 Å². The summed E-state index contributed by atoms with van der Waals surface area (Å²) < 4.78 is 23.8. The molecule has 0 aliphatic heterocycles. The van der Waals surface area contributed by atoms with Crippen LogP contribution in [0.15, 0.2) is 33.6 Å². The minimum absolute atomic E-state index is 0.00533. The van der Waals surface area contributed by atoms with Gasteiger partial charge in [0.25, 0.3) is 0 Å². The maximum Gasteiger partial charge on any atom is 0.179 e. The standard InChI is InChI=1S/C8H10BrNO2S/c9-7-1-3-8(4-2-7)13(11,12)6-5-10/h1-4H,5-6,10H2. The maximum absolute atomic E-state index is 11.4. The third-order valence-corrected chi connectivity index (χ3v) is 3.85. The molecule has 13 heavy (non-hydrogen) atoms. The molecule has 72 valence electrons. The zero-order chi connectivity index (χ0) is 9.90. The van der Waals surface area contributed by atoms with Crippen molar-refractivity contribution in [3.8, 4) is 0 Å². The van der Waals surface area contributed by atoms with E-state index in [1.165, 1.54) is 0 Å². The van der Waals surface area contributed by atoms with Gasteiger partial charge < -0.3 is 5.73 Å². The predicted octanol–water partition coefficient (Wildman–Crippen LogP) is 1.18. The maximum atomic E-state index is 11.4. The Hall–Kier alpha value is -0.390. The van der Waals surface area contributed by atoms with E-state index < -0.39 is 9.84 Å². The number of rotatable bonds is 3. The third-order valence-electron chi connectivity index (χ3n) is 1.56. The Bertz CT molecular complexity index is 372. The molecule has 2 N–H and O–H groups in total. The Labute approximate surface area is 86.0 Å². The number of sulfone groups is 1. The molecule has 1 rings (SSSR count). The summed E-state index contributed by atoms with van der Waals surface area (Å²) in [6.45, 7) is 0.151. The first kappa shape index (κ1) is 10.7. The first-order valence-corrected chi connectivity index (χ1v) is 6.19. The lowest BCUT2D eigenvalue weighted by atomic mass is 10.4. The van der Waals surface area contributed by atoms with E-state index in [1.807, 2.05) is 0 Å². The van der Waals surface area contributed by atoms with Crippen LogP contribution in [-0.2, 0) is 9.84 Å². The Kier molecular flexibility index (Phi) is 3.47. The second kappa shape index (κ2) is 4.21. The van der Waals surface area contributed by atoms with Crippen LogP contribution >= 0.6 is 15.9 Å². The van der Waals surface area contributed by atoms with Gasteiger partial charge in [0, 0.05) is 11.0 Å². The molecule has 0 saturated carbocycles. The van der Waals surface area contributed by atoms with E-state index in [1.54, 1.807) is 24.3 Å². The first-order valence-electron chi connectivity index (χ1n) is 3.74. The molecule has 3 nitrogen and oxygen atoms in total. The monoisotopic (exact) mass is 263 g/mol. The summed E-state index contributed by atoms with van der Waals surface area (Å²) in [5.74, 6) is -0.00533. The molecular weight excluding hydrogens is 254 g/mol. The number of hydrogen-bond acceptors (Lipinski definition) is 3. The van der Waals surface area contributed by atoms with Crippen molar-refractivity contribution < 1.29 is 8.42 Å². The SMILES string of the molecule is NCCS(=O)(=O)c1ccc(Br)cc1. The number of benzene rings is 1. The highest BCUT2D eigenvalue weighted by atomic mass is 79.9. The molecule has 0 unspecified atom stereocenters. The van der Waals surface area contributed by atoms with Crippen molar-refractivity contribution in [1.29, 1.82) is 0 Å². The van der Waals surface area contributed by atoms with E-state index in [0.29, 0.717) is 4.90 Å². The van der Waals surface area contributed by atoms with E-state index in [2.05, 4.69) is 15.9 Å². The normalized spacial score (nSPS) is 11.5. The van der Waals surface area contributed by atoms with Crippen LogP contribution < -0.4 is 5.73 Å². The highest BCUT2D eigenvalue weighted by Crippen LogP contribution is 2.15. The molecule has 0 aromatic heterocycles. The Morgan fingerprint density at radius 2 is 1.77 bits per heavy atom. The fourth-order valence-corrected chi connectivity index (χ4v) is 2.28. The summed E-state index contributed by atoms with van der Waals surface area (Å²) >= 11 is 3.23. The van der Waals surface area contributed by atoms with Gasteiger partial charge in [0.2, 0.25) is 0 Å². The Morgan fingerprint density at radius 1 is 1.23 bits per heavy atom. The zero-order valence-electron chi connectivity index (χ0n) is 6.90. The van der Waals surface area contributed by atoms with Gasteiger partial charge in [0.1, 0.15) is 0 Å². The smallest absolute Gasteiger partial charge is 0.179 e. The average Bonchev–Trinajstić information content (AvgIpc) is 2.05. The predicted molar refractivity (Wildman–Crippen MR) is 55.2 cm³/mol. The van der Waals surface area contributed by atoms with Gasteiger partial charge in [-0.3, -0.25) is 0 Å². The second-order valence-corrected chi connectivity index (χ2v) is 5.59. The molecule has 0 bridgehead atoms. The van der Waals surface area contributed by atoms with Crippen molar-refractivity contribution in [2.24, 2.45) is 5.73 Å². The lowest BCUT2D eigenvalue weighted by Gasteiger charge is -2.01. The molecule has 1 aromatic rings. The van der Waals surface area contributed by atoms with Gasteiger partial charge in [-0.1, -0.05) is 15.9 Å². The van der Waals surface area contributed by atoms with Crippen LogP contribution in [0, 0.1) is 0 Å². The molecule has 5 heteroatoms. The molecule has 1 aromatic carbocycles. The number of halogens is 1. The molecular formula is C8H10BrNO2S. The lowest BCUT2D eigenvalue weighted by molar-refractivity contribution is 0.596. The van der Waals surface area contributed by atoms with Gasteiger partial charge in [-0.05, 0) is 24.3 Å². The summed E-state index contributed by atoms with van der Waals surface area (Å²) in [4.78, 5) is 0.321. The number of hydrogen-bond donors (Lipinski definition) is 1. The molecule has 0 atom stereocenters. The minimum atomic E-state index is -3.17. The summed E-state index contributed by atoms with van der Waals surface area (Å²) in [5, 5.41) is 0. The Balaban J connectivity index is 3.02. The highest BCUT2D eigenvalue weighted by molar-refractivity contribution is 9.10. The largest absolute Gasteiger partial charge is 0.329 e. The van der Waals surface area contributed by atoms with Crippen LogP contribution in [0.4, 0.5) is 0 Å². The summed E-state index contributed by atoms with van der Waals surface area (Å²) in [6.07, 6.45) is 0. The minimum Gasteiger partial charge on any atom is -0.329 e. The van der Waals surface area contributed by atoms with Gasteiger partial charge in [0.15, 0.2) is 9.84 Å². The topological polar surface area (TPSA) is 60.2 Å². The highest BCUT2D eigenvalue weighted by Gasteiger charge is 2.11. The van der Waals surface area contributed by atoms with Crippen LogP contribution in [0.5, 0.6) is 0 Å². The van der Waals surface area contributed by atoms with E-state index in [9.17, 15) is 8.42 Å². The van der Waals surface area contributed by atoms with Crippen molar-refractivity contribution in [3.63, 3.8) is 0 Å². The summed E-state index contributed by atoms with van der Waals surface area (Å²) in [7, 11) is -3.17. The van der Waals surface area contributed by atoms with Crippen LogP contribution in [-0.4, -0.2) is 20.7 Å². The first-order chi connectivity index (χ1) is 6.06. The molecule has 0 spiro atoms. The zero-order valence-corrected chi connectivity index (χ0v) is 9.31. The van der Waals surface area contributed by atoms with Gasteiger partial charge in [0.05, 0.1) is 10.6 Å². The number of nitrogens with two attached hydrogens (primary N) is 1. The Morgan fingerprint density at radius 3 is 2.23 bits per heavy atom. The van der Waals surface area contributed by atoms with Crippen LogP contribution in [0.1, 0.15) is 0 Å². The summed E-state index contributed by atoms with van der Waals surface area (Å²) in [6, 6.07) is 6.52. The van der Waals surface area contributed by atoms with Gasteiger partial charge in [-0.2, -0.15) is 0 Å². The molecule has 0 aliphatic carbocycles. The van der Waals surface area contributed by atoms with Crippen molar-refractivity contribution in [2.45, 2.75) is 4.90 Å². The van der Waals surface area contributed by atoms with Crippen LogP contribution in [0.3, 0.4) is 0 Å². The molecule has 0 radical (unpaired) electrons. The van der Waals surface area contributed by atoms with E-state index in [4.69, 9.17) is 5.73 Å². The molecule has 0 heterocycles. The average molecular weight is 264 g/mol. The molecule has 0 amide bonds. The van der Waals surface area contributed by atoms with Crippen molar-refractivity contribution in [3.05, 3.63) is 28.7 Å². The van der Waals surface area contributed by atoms with Crippen molar-refractivity contribution >= 4 is 25.8 Å². The van der Waals surface area contributed by atoms with Crippen molar-refractivity contribution in [2.75, 3.05) is 12.3 Å². The molecule has 0 aliphatic rings. The van der Waals surface area contributed by atoms with Crippen molar-refractivity contribution in [1.82, 2.24) is 0 Å². The second-order valence-electron chi connectivity index (χ2n) is 2.56. The van der Waals surface area contributed by atoms with Crippen LogP contribution in [0.25, 0.3) is 0 Å². The quantitative estimate of drug-likeness (QED) is 0.891. The van der Waals surface area contributed by atoms with E-state index >= 15 is 0 Å². The van der Waals surface area contributed by atoms with Gasteiger partial charge >= 0.3 is 0 Å². The lowest BCUT2D eigenvalue weighted by Crippen LogP contribution is -2.15. The molecule has 0 fully saturated rings. The fraction of sp³-hybridized carbons (Fsp3) is 0.250. The van der Waals surface area contributed by atoms with Gasteiger partial charge in [-0.25, -0.2) is 8.42 Å². The fourth-order valence-electron chi connectivity index (χ4n) is 0.915. The van der Waals surface area contributed by atoms with E-state index in [0.717, 1.165) is 4.47 Å². The molecule has 0 saturated heterocycles. The van der Waals surface area contributed by atoms with E-state index in [-0.39, 0.29) is 12.3 Å². The third kappa shape index (κ3) is 2.79. The summed E-state index contributed by atoms with van der Waals surface area (Å²) in [5.41, 5.74) is 5.19.